The van der Waals surface area contributed by atoms with Crippen LogP contribution in [-0.4, -0.2) is 18.0 Å². The number of nitrogens with one attached hydrogen (secondary N) is 1. The molecule has 3 nitrogen and oxygen atoms in total. The lowest BCUT2D eigenvalue weighted by Crippen LogP contribution is -2.42. The Morgan fingerprint density at radius 3 is 2.69 bits per heavy atom. The van der Waals surface area contributed by atoms with Gasteiger partial charge in [0, 0.05) is 18.5 Å². The lowest BCUT2D eigenvalue weighted by molar-refractivity contribution is -0.122. The van der Waals surface area contributed by atoms with E-state index in [9.17, 15) is 4.79 Å². The van der Waals surface area contributed by atoms with Crippen LogP contribution < -0.4 is 11.1 Å². The summed E-state index contributed by atoms with van der Waals surface area (Å²) in [6.45, 7) is 6.48. The summed E-state index contributed by atoms with van der Waals surface area (Å²) in [5, 5.41) is 3.15. The molecule has 0 spiro atoms. The smallest absolute Gasteiger partial charge is 0.220 e. The van der Waals surface area contributed by atoms with E-state index in [0.717, 1.165) is 18.8 Å². The molecule has 1 aliphatic rings. The van der Waals surface area contributed by atoms with Gasteiger partial charge in [0.15, 0.2) is 0 Å². The first-order chi connectivity index (χ1) is 7.49. The number of carbonyl (C=O) groups excluding carboxylic acids is 1. The zero-order valence-electron chi connectivity index (χ0n) is 10.8. The number of nitrogens with two attached hydrogens (primary N) is 1. The Kier molecular flexibility index (Phi) is 5.26. The molecule has 0 aromatic heterocycles. The monoisotopic (exact) mass is 226 g/mol. The van der Waals surface area contributed by atoms with Crippen molar-refractivity contribution in [3.8, 4) is 0 Å². The number of hydrogen-bond donors (Lipinski definition) is 2. The molecule has 0 aliphatic heterocycles. The minimum absolute atomic E-state index is 0.120. The predicted molar refractivity (Wildman–Crippen MR) is 67.0 cm³/mol. The van der Waals surface area contributed by atoms with E-state index in [1.807, 2.05) is 6.92 Å². The summed E-state index contributed by atoms with van der Waals surface area (Å²) >= 11 is 0. The van der Waals surface area contributed by atoms with Crippen molar-refractivity contribution in [2.45, 2.75) is 65.0 Å². The lowest BCUT2D eigenvalue weighted by atomic mass is 9.80. The number of carbonyl (C=O) groups is 1. The summed E-state index contributed by atoms with van der Waals surface area (Å²) in [4.78, 5) is 11.7. The van der Waals surface area contributed by atoms with Crippen molar-refractivity contribution < 1.29 is 4.79 Å². The Morgan fingerprint density at radius 1 is 1.44 bits per heavy atom. The van der Waals surface area contributed by atoms with Crippen LogP contribution in [0.25, 0.3) is 0 Å². The molecule has 94 valence electrons. The second-order valence-electron chi connectivity index (χ2n) is 5.59. The Hall–Kier alpha value is -0.570. The molecule has 1 aliphatic carbocycles. The van der Waals surface area contributed by atoms with Gasteiger partial charge >= 0.3 is 0 Å². The molecule has 0 aromatic carbocycles. The van der Waals surface area contributed by atoms with Gasteiger partial charge in [0.25, 0.3) is 0 Å². The van der Waals surface area contributed by atoms with E-state index in [1.54, 1.807) is 0 Å². The number of rotatable bonds is 4. The molecule has 4 unspecified atom stereocenters. The molecule has 0 heterocycles. The van der Waals surface area contributed by atoms with E-state index in [2.05, 4.69) is 19.2 Å². The molecule has 1 amide bonds. The first-order valence-corrected chi connectivity index (χ1v) is 6.54. The van der Waals surface area contributed by atoms with Crippen LogP contribution in [0, 0.1) is 11.8 Å². The average Bonchev–Trinajstić information content (AvgIpc) is 2.19. The second-order valence-corrected chi connectivity index (χ2v) is 5.59. The SMILES string of the molecule is CC(N)CCC(=O)NC1CCC(C)CC1C. The van der Waals surface area contributed by atoms with Crippen LogP contribution in [0.5, 0.6) is 0 Å². The van der Waals surface area contributed by atoms with Crippen molar-refractivity contribution in [1.29, 1.82) is 0 Å². The third-order valence-electron chi connectivity index (χ3n) is 3.60. The minimum Gasteiger partial charge on any atom is -0.353 e. The van der Waals surface area contributed by atoms with Crippen LogP contribution in [0.2, 0.25) is 0 Å². The fourth-order valence-electron chi connectivity index (χ4n) is 2.52. The summed E-state index contributed by atoms with van der Waals surface area (Å²) in [6, 6.07) is 0.506. The van der Waals surface area contributed by atoms with Gasteiger partial charge in [0.1, 0.15) is 0 Å². The molecule has 3 heteroatoms. The lowest BCUT2D eigenvalue weighted by Gasteiger charge is -2.33. The first kappa shape index (κ1) is 13.5. The highest BCUT2D eigenvalue weighted by Gasteiger charge is 2.26. The van der Waals surface area contributed by atoms with Crippen molar-refractivity contribution >= 4 is 5.91 Å². The molecule has 1 saturated carbocycles. The van der Waals surface area contributed by atoms with E-state index in [4.69, 9.17) is 5.73 Å². The van der Waals surface area contributed by atoms with E-state index in [-0.39, 0.29) is 11.9 Å². The average molecular weight is 226 g/mol. The van der Waals surface area contributed by atoms with Gasteiger partial charge in [0.05, 0.1) is 0 Å². The Balaban J connectivity index is 2.28. The Morgan fingerprint density at radius 2 is 2.12 bits per heavy atom. The molecular formula is C13H26N2O. The largest absolute Gasteiger partial charge is 0.353 e. The topological polar surface area (TPSA) is 55.1 Å². The van der Waals surface area contributed by atoms with E-state index in [1.165, 1.54) is 12.8 Å². The highest BCUT2D eigenvalue weighted by molar-refractivity contribution is 5.76. The van der Waals surface area contributed by atoms with Crippen LogP contribution in [0.1, 0.15) is 52.9 Å². The third-order valence-corrected chi connectivity index (χ3v) is 3.60. The molecular weight excluding hydrogens is 200 g/mol. The van der Waals surface area contributed by atoms with Gasteiger partial charge in [-0.1, -0.05) is 13.8 Å². The van der Waals surface area contributed by atoms with Crippen molar-refractivity contribution in [3.05, 3.63) is 0 Å². The summed E-state index contributed by atoms with van der Waals surface area (Å²) in [6.07, 6.45) is 4.95. The van der Waals surface area contributed by atoms with Gasteiger partial charge in [-0.2, -0.15) is 0 Å². The van der Waals surface area contributed by atoms with Crippen molar-refractivity contribution in [2.24, 2.45) is 17.6 Å². The molecule has 1 rings (SSSR count). The zero-order chi connectivity index (χ0) is 12.1. The van der Waals surface area contributed by atoms with Crippen LogP contribution in [0.3, 0.4) is 0 Å². The molecule has 0 aromatic rings. The van der Waals surface area contributed by atoms with Crippen molar-refractivity contribution in [3.63, 3.8) is 0 Å². The summed E-state index contributed by atoms with van der Waals surface area (Å²) in [7, 11) is 0. The minimum atomic E-state index is 0.120. The molecule has 0 saturated heterocycles. The molecule has 0 bridgehead atoms. The molecule has 1 fully saturated rings. The van der Waals surface area contributed by atoms with Crippen molar-refractivity contribution in [1.82, 2.24) is 5.32 Å². The van der Waals surface area contributed by atoms with Gasteiger partial charge < -0.3 is 11.1 Å². The van der Waals surface area contributed by atoms with Gasteiger partial charge in [-0.25, -0.2) is 0 Å². The molecule has 4 atom stereocenters. The van der Waals surface area contributed by atoms with Crippen LogP contribution in [0.15, 0.2) is 0 Å². The van der Waals surface area contributed by atoms with E-state index in [0.29, 0.717) is 18.4 Å². The summed E-state index contributed by atoms with van der Waals surface area (Å²) < 4.78 is 0. The summed E-state index contributed by atoms with van der Waals surface area (Å²) in [5.41, 5.74) is 5.64. The fraction of sp³-hybridized carbons (Fsp3) is 0.923. The number of hydrogen-bond acceptors (Lipinski definition) is 2. The van der Waals surface area contributed by atoms with E-state index < -0.39 is 0 Å². The second kappa shape index (κ2) is 6.24. The van der Waals surface area contributed by atoms with E-state index >= 15 is 0 Å². The zero-order valence-corrected chi connectivity index (χ0v) is 10.8. The maximum absolute atomic E-state index is 11.7. The van der Waals surface area contributed by atoms with Crippen molar-refractivity contribution in [2.75, 3.05) is 0 Å². The standard InChI is InChI=1S/C13H26N2O/c1-9-4-6-12(10(2)8-9)15-13(16)7-5-11(3)14/h9-12H,4-8,14H2,1-3H3,(H,15,16). The van der Waals surface area contributed by atoms with Crippen LogP contribution in [-0.2, 0) is 4.79 Å². The van der Waals surface area contributed by atoms with Gasteiger partial charge in [-0.15, -0.1) is 0 Å². The number of amides is 1. The molecule has 0 radical (unpaired) electrons. The Bertz CT molecular complexity index is 228. The molecule has 3 N–H and O–H groups in total. The van der Waals surface area contributed by atoms with Gasteiger partial charge in [-0.3, -0.25) is 4.79 Å². The predicted octanol–water partition coefficient (Wildman–Crippen LogP) is 2.05. The normalized spacial score (nSPS) is 32.1. The van der Waals surface area contributed by atoms with Crippen LogP contribution in [0.4, 0.5) is 0 Å². The Labute approximate surface area is 99.2 Å². The maximum Gasteiger partial charge on any atom is 0.220 e. The van der Waals surface area contributed by atoms with Gasteiger partial charge in [-0.05, 0) is 44.4 Å². The van der Waals surface area contributed by atoms with Crippen LogP contribution >= 0.6 is 0 Å². The highest BCUT2D eigenvalue weighted by Crippen LogP contribution is 2.28. The third kappa shape index (κ3) is 4.52. The summed E-state index contributed by atoms with van der Waals surface area (Å²) in [5.74, 6) is 1.60. The van der Waals surface area contributed by atoms with Gasteiger partial charge in [0.2, 0.25) is 5.91 Å². The fourth-order valence-corrected chi connectivity index (χ4v) is 2.52. The molecule has 16 heavy (non-hydrogen) atoms. The highest BCUT2D eigenvalue weighted by atomic mass is 16.1. The first-order valence-electron chi connectivity index (χ1n) is 6.54. The quantitative estimate of drug-likeness (QED) is 0.771. The maximum atomic E-state index is 11.7.